The van der Waals surface area contributed by atoms with E-state index < -0.39 is 0 Å². The Balaban J connectivity index is 0.00000210. The van der Waals surface area contributed by atoms with Crippen LogP contribution in [0.15, 0.2) is 4.99 Å². The monoisotopic (exact) mass is 486 g/mol. The number of aliphatic imine (C=N–C) groups is 1. The van der Waals surface area contributed by atoms with Gasteiger partial charge in [-0.05, 0) is 24.7 Å². The fraction of sp³-hybridized carbons (Fsp3) is 0.850. The molecule has 0 amide bonds. The quantitative estimate of drug-likeness (QED) is 0.389. The fourth-order valence-corrected chi connectivity index (χ4v) is 4.69. The summed E-state index contributed by atoms with van der Waals surface area (Å²) in [5.41, 5.74) is 0. The summed E-state index contributed by atoms with van der Waals surface area (Å²) in [6, 6.07) is 1.00. The standard InChI is InChI=1S/C20H34N6.HI/c1-13(2)19-24-18-10-9-15(12-26(18)25-19)22-20(21-3)23-17-11-16(17)14-7-5-4-6-8-14;/h13-17H,4-12H2,1-3H3,(H2,21,22,23);1H. The molecule has 0 aromatic carbocycles. The Kier molecular flexibility index (Phi) is 7.03. The van der Waals surface area contributed by atoms with Gasteiger partial charge in [0, 0.05) is 31.5 Å². The minimum absolute atomic E-state index is 0. The second-order valence-electron chi connectivity index (χ2n) is 8.72. The summed E-state index contributed by atoms with van der Waals surface area (Å²) in [6.45, 7) is 5.19. The summed E-state index contributed by atoms with van der Waals surface area (Å²) in [5.74, 6) is 5.27. The number of guanidine groups is 1. The summed E-state index contributed by atoms with van der Waals surface area (Å²) in [6.07, 6.45) is 10.6. The zero-order valence-corrected chi connectivity index (χ0v) is 19.3. The second-order valence-corrected chi connectivity index (χ2v) is 8.72. The molecule has 2 heterocycles. The van der Waals surface area contributed by atoms with Crippen molar-refractivity contribution in [2.75, 3.05) is 7.05 Å². The van der Waals surface area contributed by atoms with E-state index in [1.54, 1.807) is 0 Å². The maximum atomic E-state index is 4.69. The Morgan fingerprint density at radius 1 is 1.15 bits per heavy atom. The molecule has 1 aromatic heterocycles. The van der Waals surface area contributed by atoms with Gasteiger partial charge in [0.25, 0.3) is 0 Å². The first kappa shape index (κ1) is 20.9. The average molecular weight is 486 g/mol. The second kappa shape index (κ2) is 9.09. The molecule has 3 atom stereocenters. The number of nitrogens with zero attached hydrogens (tertiary/aromatic N) is 4. The maximum absolute atomic E-state index is 4.69. The zero-order chi connectivity index (χ0) is 18.1. The van der Waals surface area contributed by atoms with Crippen molar-refractivity contribution in [1.82, 2.24) is 25.4 Å². The number of hydrogen-bond acceptors (Lipinski definition) is 3. The van der Waals surface area contributed by atoms with Crippen molar-refractivity contribution in [1.29, 1.82) is 0 Å². The van der Waals surface area contributed by atoms with Crippen molar-refractivity contribution in [2.24, 2.45) is 16.8 Å². The van der Waals surface area contributed by atoms with Gasteiger partial charge in [0.15, 0.2) is 11.8 Å². The molecular formula is C20H35IN6. The average Bonchev–Trinajstić information content (AvgIpc) is 3.28. The van der Waals surface area contributed by atoms with Gasteiger partial charge >= 0.3 is 0 Å². The van der Waals surface area contributed by atoms with E-state index in [9.17, 15) is 0 Å². The SMILES string of the molecule is CN=C(NC1CCc2nc(C(C)C)nn2C1)NC1CC1C1CCCCC1.I. The van der Waals surface area contributed by atoms with Crippen LogP contribution in [0.2, 0.25) is 0 Å². The van der Waals surface area contributed by atoms with E-state index in [4.69, 9.17) is 0 Å². The summed E-state index contributed by atoms with van der Waals surface area (Å²) in [7, 11) is 1.88. The van der Waals surface area contributed by atoms with Crippen LogP contribution in [0.25, 0.3) is 0 Å². The number of hydrogen-bond donors (Lipinski definition) is 2. The van der Waals surface area contributed by atoms with Crippen molar-refractivity contribution in [3.05, 3.63) is 11.6 Å². The molecule has 0 radical (unpaired) electrons. The van der Waals surface area contributed by atoms with E-state index in [2.05, 4.69) is 44.2 Å². The predicted molar refractivity (Wildman–Crippen MR) is 120 cm³/mol. The fourth-order valence-electron chi connectivity index (χ4n) is 4.69. The Morgan fingerprint density at radius 2 is 1.93 bits per heavy atom. The third-order valence-electron chi connectivity index (χ3n) is 6.37. The van der Waals surface area contributed by atoms with Crippen molar-refractivity contribution < 1.29 is 0 Å². The zero-order valence-electron chi connectivity index (χ0n) is 16.9. The number of aryl methyl sites for hydroxylation is 1. The molecule has 27 heavy (non-hydrogen) atoms. The van der Waals surface area contributed by atoms with E-state index in [0.717, 1.165) is 48.8 Å². The molecule has 1 aliphatic heterocycles. The van der Waals surface area contributed by atoms with Crippen LogP contribution in [0, 0.1) is 11.8 Å². The summed E-state index contributed by atoms with van der Waals surface area (Å²) < 4.78 is 2.09. The van der Waals surface area contributed by atoms with E-state index in [1.165, 1.54) is 38.5 Å². The van der Waals surface area contributed by atoms with Crippen LogP contribution in [0.3, 0.4) is 0 Å². The van der Waals surface area contributed by atoms with Crippen molar-refractivity contribution in [3.8, 4) is 0 Å². The maximum Gasteiger partial charge on any atom is 0.191 e. The highest BCUT2D eigenvalue weighted by molar-refractivity contribution is 14.0. The smallest absolute Gasteiger partial charge is 0.191 e. The van der Waals surface area contributed by atoms with Gasteiger partial charge in [0.2, 0.25) is 0 Å². The topological polar surface area (TPSA) is 67.1 Å². The molecular weight excluding hydrogens is 451 g/mol. The number of rotatable bonds is 4. The van der Waals surface area contributed by atoms with Crippen molar-refractivity contribution >= 4 is 29.9 Å². The van der Waals surface area contributed by atoms with Crippen LogP contribution in [-0.4, -0.2) is 39.9 Å². The highest BCUT2D eigenvalue weighted by atomic mass is 127. The molecule has 2 aliphatic carbocycles. The minimum atomic E-state index is 0. The lowest BCUT2D eigenvalue weighted by atomic mass is 9.85. The van der Waals surface area contributed by atoms with Gasteiger partial charge < -0.3 is 10.6 Å². The molecule has 4 rings (SSSR count). The molecule has 0 spiro atoms. The highest BCUT2D eigenvalue weighted by Crippen LogP contribution is 2.44. The van der Waals surface area contributed by atoms with Gasteiger partial charge in [-0.2, -0.15) is 5.10 Å². The molecule has 0 bridgehead atoms. The molecule has 3 aliphatic rings. The van der Waals surface area contributed by atoms with E-state index in [-0.39, 0.29) is 24.0 Å². The summed E-state index contributed by atoms with van der Waals surface area (Å²) in [4.78, 5) is 9.16. The molecule has 7 heteroatoms. The highest BCUT2D eigenvalue weighted by Gasteiger charge is 2.43. The summed E-state index contributed by atoms with van der Waals surface area (Å²) in [5, 5.41) is 12.0. The van der Waals surface area contributed by atoms with Gasteiger partial charge in [-0.3, -0.25) is 4.99 Å². The third kappa shape index (κ3) is 4.95. The van der Waals surface area contributed by atoms with Crippen LogP contribution >= 0.6 is 24.0 Å². The number of fused-ring (bicyclic) bond motifs is 1. The Morgan fingerprint density at radius 3 is 2.63 bits per heavy atom. The lowest BCUT2D eigenvalue weighted by molar-refractivity contribution is 0.315. The van der Waals surface area contributed by atoms with Gasteiger partial charge in [-0.1, -0.05) is 46.0 Å². The molecule has 2 fully saturated rings. The molecule has 2 N–H and O–H groups in total. The van der Waals surface area contributed by atoms with E-state index in [0.29, 0.717) is 18.0 Å². The van der Waals surface area contributed by atoms with Gasteiger partial charge in [0.1, 0.15) is 5.82 Å². The first-order valence-electron chi connectivity index (χ1n) is 10.6. The van der Waals surface area contributed by atoms with Crippen LogP contribution in [0.5, 0.6) is 0 Å². The Hall–Kier alpha value is -0.860. The van der Waals surface area contributed by atoms with Gasteiger partial charge in [-0.15, -0.1) is 24.0 Å². The number of nitrogens with one attached hydrogen (secondary N) is 2. The summed E-state index contributed by atoms with van der Waals surface area (Å²) >= 11 is 0. The van der Waals surface area contributed by atoms with Crippen LogP contribution < -0.4 is 10.6 Å². The van der Waals surface area contributed by atoms with Crippen LogP contribution in [0.4, 0.5) is 0 Å². The van der Waals surface area contributed by atoms with Crippen molar-refractivity contribution in [3.63, 3.8) is 0 Å². The first-order valence-corrected chi connectivity index (χ1v) is 10.6. The third-order valence-corrected chi connectivity index (χ3v) is 6.37. The lowest BCUT2D eigenvalue weighted by Gasteiger charge is -2.26. The predicted octanol–water partition coefficient (Wildman–Crippen LogP) is 3.47. The van der Waals surface area contributed by atoms with Gasteiger partial charge in [-0.25, -0.2) is 9.67 Å². The normalized spacial score (nSPS) is 28.4. The number of aromatic nitrogens is 3. The molecule has 0 saturated heterocycles. The molecule has 3 unspecified atom stereocenters. The molecule has 6 nitrogen and oxygen atoms in total. The van der Waals surface area contributed by atoms with Crippen molar-refractivity contribution in [2.45, 2.75) is 89.8 Å². The van der Waals surface area contributed by atoms with Gasteiger partial charge in [0.05, 0.1) is 6.54 Å². The van der Waals surface area contributed by atoms with Crippen LogP contribution in [-0.2, 0) is 13.0 Å². The molecule has 152 valence electrons. The Bertz CT molecular complexity index is 649. The lowest BCUT2D eigenvalue weighted by Crippen LogP contribution is -2.48. The minimum Gasteiger partial charge on any atom is -0.353 e. The van der Waals surface area contributed by atoms with Crippen LogP contribution in [0.1, 0.15) is 76.4 Å². The molecule has 2 saturated carbocycles. The largest absolute Gasteiger partial charge is 0.353 e. The number of halogens is 1. The first-order chi connectivity index (χ1) is 12.6. The molecule has 1 aromatic rings. The van der Waals surface area contributed by atoms with E-state index in [1.807, 2.05) is 7.05 Å². The van der Waals surface area contributed by atoms with E-state index >= 15 is 0 Å². The Labute approximate surface area is 180 Å².